The van der Waals surface area contributed by atoms with Gasteiger partial charge >= 0.3 is 6.98 Å². The van der Waals surface area contributed by atoms with E-state index >= 15 is 0 Å². The van der Waals surface area contributed by atoms with Crippen LogP contribution in [0.2, 0.25) is 5.02 Å². The van der Waals surface area contributed by atoms with E-state index in [2.05, 4.69) is 0 Å². The molecule has 0 nitrogen and oxygen atoms in total. The Hall–Kier alpha value is -1.04. The van der Waals surface area contributed by atoms with Crippen LogP contribution in [0.15, 0.2) is 18.1 Å². The van der Waals surface area contributed by atoms with Gasteiger partial charge < -0.3 is 12.9 Å². The molecule has 1 rings (SSSR count). The minimum Gasteiger partial charge on any atom is -0.445 e. The van der Waals surface area contributed by atoms with Crippen molar-refractivity contribution in [2.24, 2.45) is 0 Å². The molecule has 0 aliphatic heterocycles. The van der Waals surface area contributed by atoms with Crippen LogP contribution in [0.3, 0.4) is 0 Å². The molecule has 0 bridgehead atoms. The fraction of sp³-hybridized carbons (Fsp3) is 0. The lowest BCUT2D eigenvalue weighted by molar-refractivity contribution is 0.499. The van der Waals surface area contributed by atoms with Crippen molar-refractivity contribution in [1.29, 1.82) is 0 Å². The molecule has 1 aromatic carbocycles. The molecule has 0 radical (unpaired) electrons. The van der Waals surface area contributed by atoms with Crippen LogP contribution in [0.25, 0.3) is 6.08 Å². The maximum absolute atomic E-state index is 12.6. The van der Waals surface area contributed by atoms with Gasteiger partial charge in [0.1, 0.15) is 0 Å². The summed E-state index contributed by atoms with van der Waals surface area (Å²) in [6.45, 7) is -5.12. The molecule has 0 unspecified atom stereocenters. The van der Waals surface area contributed by atoms with Gasteiger partial charge in [0, 0.05) is 0 Å². The maximum atomic E-state index is 12.6. The summed E-state index contributed by atoms with van der Waals surface area (Å²) in [5, 5.41) is -0.273. The summed E-state index contributed by atoms with van der Waals surface area (Å²) in [4.78, 5) is 0. The predicted molar refractivity (Wildman–Crippen MR) is 49.5 cm³/mol. The van der Waals surface area contributed by atoms with E-state index in [0.717, 1.165) is 0 Å². The highest BCUT2D eigenvalue weighted by Gasteiger charge is 2.17. The Morgan fingerprint density at radius 1 is 1.07 bits per heavy atom. The van der Waals surface area contributed by atoms with Crippen molar-refractivity contribution in [2.75, 3.05) is 0 Å². The van der Waals surface area contributed by atoms with Gasteiger partial charge in [0.25, 0.3) is 0 Å². The Bertz CT molecular complexity index is 399. The molecule has 0 atom stereocenters. The molecule has 82 valence electrons. The van der Waals surface area contributed by atoms with E-state index in [1.165, 1.54) is 0 Å². The molecule has 7 heteroatoms. The van der Waals surface area contributed by atoms with Crippen LogP contribution in [-0.2, 0) is 0 Å². The molecule has 0 fully saturated rings. The van der Waals surface area contributed by atoms with Crippen LogP contribution in [0.4, 0.5) is 21.7 Å². The van der Waals surface area contributed by atoms with Gasteiger partial charge in [-0.1, -0.05) is 17.7 Å². The topological polar surface area (TPSA) is 0 Å². The molecule has 0 aliphatic rings. The third-order valence-electron chi connectivity index (χ3n) is 1.53. The summed E-state index contributed by atoms with van der Waals surface area (Å²) in [7, 11) is 0. The van der Waals surface area contributed by atoms with Crippen molar-refractivity contribution >= 4 is 24.7 Å². The average molecular weight is 241 g/mol. The van der Waals surface area contributed by atoms with E-state index in [-0.39, 0.29) is 16.6 Å². The highest BCUT2D eigenvalue weighted by molar-refractivity contribution is 6.65. The predicted octanol–water partition coefficient (Wildman–Crippen LogP) is 4.02. The van der Waals surface area contributed by atoms with Crippen molar-refractivity contribution in [2.45, 2.75) is 0 Å². The largest absolute Gasteiger partial charge is 0.502 e. The molecule has 0 amide bonds. The van der Waals surface area contributed by atoms with E-state index in [1.54, 1.807) is 0 Å². The van der Waals surface area contributed by atoms with Crippen LogP contribution >= 0.6 is 11.6 Å². The number of hydrogen-bond donors (Lipinski definition) is 0. The van der Waals surface area contributed by atoms with Crippen LogP contribution < -0.4 is 0 Å². The number of hydrogen-bond acceptors (Lipinski definition) is 0. The fourth-order valence-electron chi connectivity index (χ4n) is 0.878. The summed E-state index contributed by atoms with van der Waals surface area (Å²) >= 11 is 5.41. The summed E-state index contributed by atoms with van der Waals surface area (Å²) < 4.78 is 60.6. The first-order chi connectivity index (χ1) is 6.79. The third kappa shape index (κ3) is 3.55. The molecular weight excluding hydrogens is 237 g/mol. The van der Waals surface area contributed by atoms with Crippen LogP contribution in [-0.4, -0.2) is 6.98 Å². The molecular formula is C8H4BClF5-. The SMILES string of the molecule is Fc1cc(Cl)c(/C=C/[B-](F)(F)F)cc1F. The van der Waals surface area contributed by atoms with Crippen LogP contribution in [0.1, 0.15) is 5.56 Å². The molecule has 0 heterocycles. The zero-order valence-electron chi connectivity index (χ0n) is 7.15. The van der Waals surface area contributed by atoms with Crippen molar-refractivity contribution in [1.82, 2.24) is 0 Å². The Labute approximate surface area is 87.4 Å². The Morgan fingerprint density at radius 3 is 2.13 bits per heavy atom. The Kier molecular flexibility index (Phi) is 3.39. The second-order valence-corrected chi connectivity index (χ2v) is 3.18. The highest BCUT2D eigenvalue weighted by atomic mass is 35.5. The highest BCUT2D eigenvalue weighted by Crippen LogP contribution is 2.22. The zero-order valence-corrected chi connectivity index (χ0v) is 7.91. The molecule has 15 heavy (non-hydrogen) atoms. The lowest BCUT2D eigenvalue weighted by Crippen LogP contribution is -2.09. The first-order valence-corrected chi connectivity index (χ1v) is 4.21. The van der Waals surface area contributed by atoms with E-state index in [9.17, 15) is 21.7 Å². The fourth-order valence-corrected chi connectivity index (χ4v) is 1.09. The first kappa shape index (κ1) is 12.0. The molecule has 1 aromatic rings. The lowest BCUT2D eigenvalue weighted by atomic mass is 9.90. The molecule has 0 saturated heterocycles. The van der Waals surface area contributed by atoms with Crippen molar-refractivity contribution in [3.05, 3.63) is 40.3 Å². The molecule has 0 N–H and O–H groups in total. The van der Waals surface area contributed by atoms with Crippen molar-refractivity contribution < 1.29 is 21.7 Å². The van der Waals surface area contributed by atoms with E-state index in [4.69, 9.17) is 11.6 Å². The quantitative estimate of drug-likeness (QED) is 0.417. The van der Waals surface area contributed by atoms with Gasteiger partial charge in [0.2, 0.25) is 0 Å². The average Bonchev–Trinajstić information content (AvgIpc) is 2.07. The molecule has 0 aromatic heterocycles. The van der Waals surface area contributed by atoms with E-state index in [1.807, 2.05) is 0 Å². The van der Waals surface area contributed by atoms with Crippen molar-refractivity contribution in [3.63, 3.8) is 0 Å². The van der Waals surface area contributed by atoms with Gasteiger partial charge in [0.15, 0.2) is 11.6 Å². The Balaban J connectivity index is 3.06. The van der Waals surface area contributed by atoms with E-state index < -0.39 is 18.6 Å². The molecule has 0 aliphatic carbocycles. The van der Waals surface area contributed by atoms with E-state index in [0.29, 0.717) is 18.2 Å². The summed E-state index contributed by atoms with van der Waals surface area (Å²) in [6, 6.07) is 1.23. The third-order valence-corrected chi connectivity index (χ3v) is 1.86. The number of halogens is 6. The number of rotatable bonds is 2. The lowest BCUT2D eigenvalue weighted by Gasteiger charge is -2.07. The van der Waals surface area contributed by atoms with Gasteiger partial charge in [-0.3, -0.25) is 0 Å². The van der Waals surface area contributed by atoms with Gasteiger partial charge in [-0.25, -0.2) is 8.78 Å². The van der Waals surface area contributed by atoms with Gasteiger partial charge in [-0.05, 0) is 17.7 Å². The summed E-state index contributed by atoms with van der Waals surface area (Å²) in [5.74, 6) is -2.48. The van der Waals surface area contributed by atoms with Gasteiger partial charge in [-0.2, -0.15) is 0 Å². The monoisotopic (exact) mass is 241 g/mol. The molecule has 0 spiro atoms. The zero-order chi connectivity index (χ0) is 11.6. The molecule has 0 saturated carbocycles. The summed E-state index contributed by atoms with van der Waals surface area (Å²) in [6.07, 6.45) is 0.602. The summed E-state index contributed by atoms with van der Waals surface area (Å²) in [5.41, 5.74) is -0.213. The minimum absolute atomic E-state index is 0.0431. The second kappa shape index (κ2) is 4.22. The normalized spacial score (nSPS) is 12.4. The van der Waals surface area contributed by atoms with Crippen molar-refractivity contribution in [3.8, 4) is 0 Å². The van der Waals surface area contributed by atoms with Gasteiger partial charge in [0.05, 0.1) is 5.02 Å². The number of benzene rings is 1. The Morgan fingerprint density at radius 2 is 1.60 bits per heavy atom. The standard InChI is InChI=1S/C8H4BClF5/c10-6-4-8(12)7(11)3-5(6)1-2-9(13,14)15/h1-4H/q-1/b2-1+. The minimum atomic E-state index is -5.12. The van der Waals surface area contributed by atoms with Crippen LogP contribution in [0.5, 0.6) is 0 Å². The maximum Gasteiger partial charge on any atom is 0.502 e. The van der Waals surface area contributed by atoms with Gasteiger partial charge in [-0.15, -0.1) is 5.98 Å². The first-order valence-electron chi connectivity index (χ1n) is 3.83. The van der Waals surface area contributed by atoms with Crippen LogP contribution in [0, 0.1) is 11.6 Å². The smallest absolute Gasteiger partial charge is 0.445 e. The second-order valence-electron chi connectivity index (χ2n) is 2.77.